The molecule has 0 saturated heterocycles. The van der Waals surface area contributed by atoms with Gasteiger partial charge in [-0.25, -0.2) is 4.98 Å². The highest BCUT2D eigenvalue weighted by Crippen LogP contribution is 2.18. The molecule has 4 heteroatoms. The van der Waals surface area contributed by atoms with Gasteiger partial charge in [0.25, 0.3) is 0 Å². The highest BCUT2D eigenvalue weighted by molar-refractivity contribution is 5.41. The first-order valence-corrected chi connectivity index (χ1v) is 7.50. The summed E-state index contributed by atoms with van der Waals surface area (Å²) in [4.78, 5) is 10.8. The molecule has 4 nitrogen and oxygen atoms in total. The Hall–Kier alpha value is -1.94. The second kappa shape index (κ2) is 7.74. The van der Waals surface area contributed by atoms with E-state index in [0.29, 0.717) is 6.04 Å². The fourth-order valence-electron chi connectivity index (χ4n) is 2.24. The summed E-state index contributed by atoms with van der Waals surface area (Å²) in [7, 11) is 2.06. The number of rotatable bonds is 7. The van der Waals surface area contributed by atoms with Crippen LogP contribution in [-0.2, 0) is 6.54 Å². The van der Waals surface area contributed by atoms with E-state index >= 15 is 0 Å². The Bertz CT molecular complexity index is 541. The van der Waals surface area contributed by atoms with E-state index in [4.69, 9.17) is 0 Å². The third-order valence-electron chi connectivity index (χ3n) is 3.50. The fraction of sp³-hybridized carbons (Fsp3) is 0.412. The number of pyridine rings is 2. The van der Waals surface area contributed by atoms with Crippen molar-refractivity contribution >= 4 is 5.82 Å². The lowest BCUT2D eigenvalue weighted by molar-refractivity contribution is 0.570. The van der Waals surface area contributed by atoms with Crippen LogP contribution in [-0.4, -0.2) is 23.6 Å². The molecule has 0 fully saturated rings. The second-order valence-electron chi connectivity index (χ2n) is 5.34. The van der Waals surface area contributed by atoms with Crippen molar-refractivity contribution in [3.63, 3.8) is 0 Å². The van der Waals surface area contributed by atoms with Crippen molar-refractivity contribution in [1.82, 2.24) is 15.3 Å². The van der Waals surface area contributed by atoms with E-state index in [1.54, 1.807) is 6.20 Å². The summed E-state index contributed by atoms with van der Waals surface area (Å²) in [6.07, 6.45) is 6.72. The van der Waals surface area contributed by atoms with Crippen molar-refractivity contribution in [3.05, 3.63) is 54.0 Å². The number of anilines is 1. The minimum Gasteiger partial charge on any atom is -0.355 e. The maximum Gasteiger partial charge on any atom is 0.128 e. The first-order chi connectivity index (χ1) is 10.2. The van der Waals surface area contributed by atoms with Crippen LogP contribution in [0, 0.1) is 0 Å². The smallest absolute Gasteiger partial charge is 0.128 e. The van der Waals surface area contributed by atoms with E-state index in [-0.39, 0.29) is 0 Å². The minimum atomic E-state index is 0.346. The van der Waals surface area contributed by atoms with Gasteiger partial charge in [0, 0.05) is 38.2 Å². The third-order valence-corrected chi connectivity index (χ3v) is 3.50. The average Bonchev–Trinajstić information content (AvgIpc) is 2.53. The van der Waals surface area contributed by atoms with Gasteiger partial charge in [0.1, 0.15) is 5.82 Å². The number of hydrogen-bond acceptors (Lipinski definition) is 4. The van der Waals surface area contributed by atoms with Gasteiger partial charge in [-0.3, -0.25) is 4.98 Å². The van der Waals surface area contributed by atoms with Crippen LogP contribution < -0.4 is 10.2 Å². The lowest BCUT2D eigenvalue weighted by Gasteiger charge is -2.20. The van der Waals surface area contributed by atoms with Crippen molar-refractivity contribution < 1.29 is 0 Å². The van der Waals surface area contributed by atoms with E-state index in [9.17, 15) is 0 Å². The molecule has 1 atom stereocenters. The van der Waals surface area contributed by atoms with Crippen LogP contribution in [0.1, 0.15) is 37.4 Å². The maximum atomic E-state index is 4.48. The molecule has 0 aliphatic rings. The average molecular weight is 284 g/mol. The topological polar surface area (TPSA) is 41.1 Å². The molecule has 2 aromatic heterocycles. The molecular weight excluding hydrogens is 260 g/mol. The van der Waals surface area contributed by atoms with Crippen LogP contribution >= 0.6 is 0 Å². The summed E-state index contributed by atoms with van der Waals surface area (Å²) in [6.45, 7) is 6.21. The summed E-state index contributed by atoms with van der Waals surface area (Å²) < 4.78 is 0. The monoisotopic (exact) mass is 284 g/mol. The van der Waals surface area contributed by atoms with Crippen LogP contribution in [0.2, 0.25) is 0 Å². The summed E-state index contributed by atoms with van der Waals surface area (Å²) in [6, 6.07) is 8.62. The van der Waals surface area contributed by atoms with Gasteiger partial charge < -0.3 is 10.2 Å². The number of nitrogens with zero attached hydrogens (tertiary/aromatic N) is 3. The van der Waals surface area contributed by atoms with E-state index < -0.39 is 0 Å². The van der Waals surface area contributed by atoms with Crippen molar-refractivity contribution in [2.24, 2.45) is 0 Å². The molecule has 0 radical (unpaired) electrons. The van der Waals surface area contributed by atoms with Gasteiger partial charge in [-0.1, -0.05) is 13.0 Å². The van der Waals surface area contributed by atoms with Crippen LogP contribution in [0.5, 0.6) is 0 Å². The van der Waals surface area contributed by atoms with Crippen LogP contribution in [0.15, 0.2) is 42.9 Å². The quantitative estimate of drug-likeness (QED) is 0.848. The van der Waals surface area contributed by atoms with E-state index in [2.05, 4.69) is 59.3 Å². The summed E-state index contributed by atoms with van der Waals surface area (Å²) >= 11 is 0. The maximum absolute atomic E-state index is 4.48. The lowest BCUT2D eigenvalue weighted by atomic mass is 10.1. The molecule has 2 rings (SSSR count). The Balaban J connectivity index is 2.06. The molecule has 0 bridgehead atoms. The van der Waals surface area contributed by atoms with Crippen molar-refractivity contribution in [1.29, 1.82) is 0 Å². The molecule has 0 aliphatic heterocycles. The van der Waals surface area contributed by atoms with E-state index in [1.165, 1.54) is 11.1 Å². The summed E-state index contributed by atoms with van der Waals surface area (Å²) in [5.41, 5.74) is 2.45. The molecule has 112 valence electrons. The molecule has 1 N–H and O–H groups in total. The Labute approximate surface area is 127 Å². The zero-order valence-electron chi connectivity index (χ0n) is 13.1. The lowest BCUT2D eigenvalue weighted by Crippen LogP contribution is -2.21. The van der Waals surface area contributed by atoms with Crippen LogP contribution in [0.4, 0.5) is 5.82 Å². The molecule has 1 unspecified atom stereocenters. The Morgan fingerprint density at radius 1 is 1.29 bits per heavy atom. The largest absolute Gasteiger partial charge is 0.355 e. The first-order valence-electron chi connectivity index (χ1n) is 7.50. The predicted octanol–water partition coefficient (Wildman–Crippen LogP) is 3.17. The summed E-state index contributed by atoms with van der Waals surface area (Å²) in [5, 5.41) is 3.51. The summed E-state index contributed by atoms with van der Waals surface area (Å²) in [5.74, 6) is 0.988. The number of nitrogens with one attached hydrogen (secondary N) is 1. The second-order valence-corrected chi connectivity index (χ2v) is 5.34. The fourth-order valence-corrected chi connectivity index (χ4v) is 2.24. The van der Waals surface area contributed by atoms with E-state index in [1.807, 2.05) is 18.5 Å². The SMILES string of the molecule is CCCNC(C)c1ccnc(N(C)Cc2cccnc2)c1. The number of hydrogen-bond donors (Lipinski definition) is 1. The molecule has 0 aliphatic carbocycles. The molecule has 0 spiro atoms. The highest BCUT2D eigenvalue weighted by atomic mass is 15.2. The predicted molar refractivity (Wildman–Crippen MR) is 87.3 cm³/mol. The van der Waals surface area contributed by atoms with Crippen LogP contribution in [0.25, 0.3) is 0 Å². The molecule has 0 aromatic carbocycles. The van der Waals surface area contributed by atoms with Crippen LogP contribution in [0.3, 0.4) is 0 Å². The molecule has 2 aromatic rings. The Kier molecular flexibility index (Phi) is 5.69. The minimum absolute atomic E-state index is 0.346. The molecule has 0 amide bonds. The Morgan fingerprint density at radius 2 is 2.14 bits per heavy atom. The zero-order valence-corrected chi connectivity index (χ0v) is 13.1. The van der Waals surface area contributed by atoms with Crippen molar-refractivity contribution in [2.45, 2.75) is 32.9 Å². The zero-order chi connectivity index (χ0) is 15.1. The molecular formula is C17H24N4. The van der Waals surface area contributed by atoms with Gasteiger partial charge in [-0.15, -0.1) is 0 Å². The van der Waals surface area contributed by atoms with Gasteiger partial charge in [-0.05, 0) is 49.2 Å². The van der Waals surface area contributed by atoms with Crippen molar-refractivity contribution in [2.75, 3.05) is 18.5 Å². The van der Waals surface area contributed by atoms with Gasteiger partial charge in [0.2, 0.25) is 0 Å². The van der Waals surface area contributed by atoms with Crippen molar-refractivity contribution in [3.8, 4) is 0 Å². The standard InChI is InChI=1S/C17H24N4/c1-4-8-19-14(2)16-7-10-20-17(11-16)21(3)13-15-6-5-9-18-12-15/h5-7,9-12,14,19H,4,8,13H2,1-3H3. The Morgan fingerprint density at radius 3 is 2.86 bits per heavy atom. The van der Waals surface area contributed by atoms with Gasteiger partial charge in [0.05, 0.1) is 0 Å². The van der Waals surface area contributed by atoms with Gasteiger partial charge >= 0.3 is 0 Å². The molecule has 0 saturated carbocycles. The third kappa shape index (κ3) is 4.53. The van der Waals surface area contributed by atoms with E-state index in [0.717, 1.165) is 25.3 Å². The van der Waals surface area contributed by atoms with Gasteiger partial charge in [0.15, 0.2) is 0 Å². The van der Waals surface area contributed by atoms with Gasteiger partial charge in [-0.2, -0.15) is 0 Å². The molecule has 21 heavy (non-hydrogen) atoms. The highest BCUT2D eigenvalue weighted by Gasteiger charge is 2.08. The normalized spacial score (nSPS) is 12.1. The number of aromatic nitrogens is 2. The first kappa shape index (κ1) is 15.4. The molecule has 2 heterocycles.